The van der Waals surface area contributed by atoms with Crippen LogP contribution in [-0.2, 0) is 23.4 Å². The van der Waals surface area contributed by atoms with Gasteiger partial charge in [0.15, 0.2) is 23.2 Å². The van der Waals surface area contributed by atoms with E-state index < -0.39 is 57.6 Å². The van der Waals surface area contributed by atoms with E-state index in [9.17, 15) is 18.9 Å². The molecule has 3 aromatic rings. The molecule has 0 aliphatic rings. The van der Waals surface area contributed by atoms with Crippen LogP contribution in [0.1, 0.15) is 33.9 Å². The fourth-order valence-electron chi connectivity index (χ4n) is 3.62. The lowest BCUT2D eigenvalue weighted by molar-refractivity contribution is -0.149. The number of nitrogens with two attached hydrogens (primary N) is 1. The molecule has 41 heavy (non-hydrogen) atoms. The lowest BCUT2D eigenvalue weighted by atomic mass is 10.2. The molecule has 3 rings (SSSR count). The van der Waals surface area contributed by atoms with Gasteiger partial charge >= 0.3 is 13.7 Å². The molecule has 0 saturated carbocycles. The number of nitrogens with zero attached hydrogens (tertiary/aromatic N) is 5. The van der Waals surface area contributed by atoms with Gasteiger partial charge in [-0.05, 0) is 39.8 Å². The molecule has 0 radical (unpaired) electrons. The van der Waals surface area contributed by atoms with E-state index in [4.69, 9.17) is 24.3 Å². The molecule has 2 heterocycles. The number of ether oxygens (including phenoxy) is 2. The first kappa shape index (κ1) is 32.2. The van der Waals surface area contributed by atoms with Crippen LogP contribution in [0.3, 0.4) is 0 Å². The summed E-state index contributed by atoms with van der Waals surface area (Å²) in [5.74, 6) is -0.102. The molecule has 0 aliphatic carbocycles. The quantitative estimate of drug-likeness (QED) is 0.172. The first-order valence-corrected chi connectivity index (χ1v) is 14.4. The summed E-state index contributed by atoms with van der Waals surface area (Å²) >= 11 is 0. The number of nitrogens with one attached hydrogen (secondary N) is 1. The highest BCUT2D eigenvalue weighted by Gasteiger charge is 2.35. The number of benzene rings is 1. The molecule has 1 aromatic carbocycles. The highest BCUT2D eigenvalue weighted by molar-refractivity contribution is 7.52. The summed E-state index contributed by atoms with van der Waals surface area (Å²) in [6.45, 7) is 4.65. The minimum Gasteiger partial charge on any atom is -0.462 e. The highest BCUT2D eigenvalue weighted by Crippen LogP contribution is 2.45. The van der Waals surface area contributed by atoms with Gasteiger partial charge in [0.05, 0.1) is 25.1 Å². The summed E-state index contributed by atoms with van der Waals surface area (Å²) in [5.41, 5.74) is 6.44. The Labute approximate surface area is 237 Å². The Kier molecular flexibility index (Phi) is 11.0. The Bertz CT molecular complexity index is 1340. The lowest BCUT2D eigenvalue weighted by Crippen LogP contribution is -2.38. The zero-order chi connectivity index (χ0) is 30.3. The number of aliphatic hydroxyl groups excluding tert-OH is 1. The average molecular weight is 598 g/mol. The first-order valence-electron chi connectivity index (χ1n) is 12.9. The van der Waals surface area contributed by atoms with Crippen LogP contribution in [0, 0.1) is 0 Å². The maximum Gasteiger partial charge on any atom is 0.459 e. The van der Waals surface area contributed by atoms with Gasteiger partial charge in [-0.1, -0.05) is 18.2 Å². The molecule has 1 unspecified atom stereocenters. The SMILES string of the molecule is CC(C)OC(=O)[C@H](C)N[P@@](=O)(OCC(O[C@H](CF)n1cnc2c(N(C)C)nc(N)nc21)[C@H](C)O)Oc1ccccc1. The van der Waals surface area contributed by atoms with E-state index in [0.717, 1.165) is 0 Å². The Morgan fingerprint density at radius 3 is 2.46 bits per heavy atom. The molecule has 0 bridgehead atoms. The van der Waals surface area contributed by atoms with Crippen molar-refractivity contribution in [2.75, 3.05) is 38.0 Å². The fourth-order valence-corrected chi connectivity index (χ4v) is 5.12. The van der Waals surface area contributed by atoms with Crippen LogP contribution in [-0.4, -0.2) is 82.3 Å². The van der Waals surface area contributed by atoms with Gasteiger partial charge in [0.1, 0.15) is 24.6 Å². The number of esters is 1. The van der Waals surface area contributed by atoms with E-state index >= 15 is 0 Å². The molecule has 226 valence electrons. The van der Waals surface area contributed by atoms with Gasteiger partial charge in [-0.25, -0.2) is 13.9 Å². The zero-order valence-corrected chi connectivity index (χ0v) is 24.7. The molecule has 2 aromatic heterocycles. The molecule has 4 N–H and O–H groups in total. The van der Waals surface area contributed by atoms with Gasteiger partial charge < -0.3 is 29.7 Å². The van der Waals surface area contributed by atoms with Crippen molar-refractivity contribution in [3.05, 3.63) is 36.7 Å². The maximum atomic E-state index is 14.3. The van der Waals surface area contributed by atoms with Crippen LogP contribution < -0.4 is 20.2 Å². The molecular formula is C25H37FN7O7P. The second kappa shape index (κ2) is 14.0. The summed E-state index contributed by atoms with van der Waals surface area (Å²) in [6, 6.07) is 7.09. The standard InChI is InChI=1S/C25H37FN7O7P/c1-15(2)38-24(35)16(3)31-41(36,40-18-10-8-7-9-11-18)37-13-19(17(4)34)39-20(12-26)33-14-28-21-22(32(5)6)29-25(27)30-23(21)33/h7-11,14-17,19-20,34H,12-13H2,1-6H3,(H,31,36)(H2,27,29,30)/t16-,17-,19?,20+,41+/m0/s1. The number of nitrogen functional groups attached to an aromatic ring is 1. The lowest BCUT2D eigenvalue weighted by Gasteiger charge is -2.28. The van der Waals surface area contributed by atoms with Gasteiger partial charge in [0, 0.05) is 14.1 Å². The number of halogens is 1. The number of carbonyl (C=O) groups is 1. The number of anilines is 2. The molecule has 0 fully saturated rings. The van der Waals surface area contributed by atoms with Crippen molar-refractivity contribution in [3.63, 3.8) is 0 Å². The van der Waals surface area contributed by atoms with Gasteiger partial charge in [-0.2, -0.15) is 15.1 Å². The molecule has 0 saturated heterocycles. The van der Waals surface area contributed by atoms with Crippen molar-refractivity contribution >= 4 is 36.6 Å². The monoisotopic (exact) mass is 597 g/mol. The van der Waals surface area contributed by atoms with E-state index in [2.05, 4.69) is 20.0 Å². The van der Waals surface area contributed by atoms with Gasteiger partial charge in [-0.15, -0.1) is 0 Å². The molecule has 0 aliphatic heterocycles. The van der Waals surface area contributed by atoms with Gasteiger partial charge in [-0.3, -0.25) is 13.9 Å². The molecule has 0 spiro atoms. The average Bonchev–Trinajstić information content (AvgIpc) is 3.31. The summed E-state index contributed by atoms with van der Waals surface area (Å²) in [6.07, 6.45) is -2.79. The van der Waals surface area contributed by atoms with Crippen LogP contribution in [0.25, 0.3) is 11.2 Å². The van der Waals surface area contributed by atoms with E-state index in [1.807, 2.05) is 0 Å². The third-order valence-electron chi connectivity index (χ3n) is 5.59. The molecule has 14 nitrogen and oxygen atoms in total. The number of fused-ring (bicyclic) bond motifs is 1. The molecule has 16 heteroatoms. The summed E-state index contributed by atoms with van der Waals surface area (Å²) < 4.78 is 51.7. The Morgan fingerprint density at radius 1 is 1.20 bits per heavy atom. The Balaban J connectivity index is 1.84. The fraction of sp³-hybridized carbons (Fsp3) is 0.520. The number of hydrogen-bond donors (Lipinski definition) is 3. The second-order valence-electron chi connectivity index (χ2n) is 9.68. The van der Waals surface area contributed by atoms with Crippen molar-refractivity contribution in [1.82, 2.24) is 24.6 Å². The third-order valence-corrected chi connectivity index (χ3v) is 7.23. The van der Waals surface area contributed by atoms with E-state index in [0.29, 0.717) is 11.3 Å². The van der Waals surface area contributed by atoms with Crippen LogP contribution in [0.5, 0.6) is 5.75 Å². The molecular weight excluding hydrogens is 560 g/mol. The smallest absolute Gasteiger partial charge is 0.459 e. The van der Waals surface area contributed by atoms with Gasteiger partial charge in [0.25, 0.3) is 0 Å². The van der Waals surface area contributed by atoms with Crippen LogP contribution in [0.4, 0.5) is 16.2 Å². The minimum atomic E-state index is -4.26. The van der Waals surface area contributed by atoms with Crippen molar-refractivity contribution in [2.24, 2.45) is 0 Å². The summed E-state index contributed by atoms with van der Waals surface area (Å²) in [7, 11) is -0.766. The molecule has 5 atom stereocenters. The zero-order valence-electron chi connectivity index (χ0n) is 23.8. The third kappa shape index (κ3) is 8.57. The predicted octanol–water partition coefficient (Wildman–Crippen LogP) is 2.84. The Hall–Kier alpha value is -3.36. The van der Waals surface area contributed by atoms with Crippen molar-refractivity contribution in [3.8, 4) is 5.75 Å². The van der Waals surface area contributed by atoms with E-state index in [1.165, 1.54) is 24.7 Å². The van der Waals surface area contributed by atoms with Crippen molar-refractivity contribution in [2.45, 2.75) is 58.3 Å². The first-order chi connectivity index (χ1) is 19.3. The summed E-state index contributed by atoms with van der Waals surface area (Å²) in [4.78, 5) is 26.7. The predicted molar refractivity (Wildman–Crippen MR) is 150 cm³/mol. The largest absolute Gasteiger partial charge is 0.462 e. The van der Waals surface area contributed by atoms with Crippen LogP contribution >= 0.6 is 7.75 Å². The number of aliphatic hydroxyl groups is 1. The Morgan fingerprint density at radius 2 is 1.88 bits per heavy atom. The number of imidazole rings is 1. The highest BCUT2D eigenvalue weighted by atomic mass is 31.2. The number of carbonyl (C=O) groups excluding carboxylic acids is 1. The van der Waals surface area contributed by atoms with Gasteiger partial charge in [0.2, 0.25) is 5.95 Å². The van der Waals surface area contributed by atoms with E-state index in [1.54, 1.807) is 63.2 Å². The molecule has 0 amide bonds. The maximum absolute atomic E-state index is 14.3. The van der Waals surface area contributed by atoms with Crippen molar-refractivity contribution < 1.29 is 37.4 Å². The normalized spacial score (nSPS) is 16.1. The number of para-hydroxylation sites is 1. The van der Waals surface area contributed by atoms with Crippen LogP contribution in [0.2, 0.25) is 0 Å². The van der Waals surface area contributed by atoms with Crippen LogP contribution in [0.15, 0.2) is 36.7 Å². The van der Waals surface area contributed by atoms with Crippen molar-refractivity contribution in [1.29, 1.82) is 0 Å². The minimum absolute atomic E-state index is 0.0499. The second-order valence-corrected chi connectivity index (χ2v) is 11.4. The number of aromatic nitrogens is 4. The number of alkyl halides is 1. The topological polar surface area (TPSA) is 176 Å². The number of rotatable bonds is 15. The van der Waals surface area contributed by atoms with E-state index in [-0.39, 0.29) is 17.3 Å². The summed E-state index contributed by atoms with van der Waals surface area (Å²) in [5, 5.41) is 13.0. The number of hydrogen-bond acceptors (Lipinski definition) is 12.